The molecule has 2 heterocycles. The average molecular weight is 498 g/mol. The first kappa shape index (κ1) is 22.1. The Balaban J connectivity index is 1.45. The quantitative estimate of drug-likeness (QED) is 0.483. The number of nitrogens with zero attached hydrogens (tertiary/aromatic N) is 2. The van der Waals surface area contributed by atoms with Gasteiger partial charge in [0, 0.05) is 11.6 Å². The molecule has 0 atom stereocenters. The Kier molecular flexibility index (Phi) is 5.99. The monoisotopic (exact) mass is 497 g/mol. The predicted molar refractivity (Wildman–Crippen MR) is 135 cm³/mol. The van der Waals surface area contributed by atoms with Crippen molar-refractivity contribution in [1.82, 2.24) is 4.90 Å². The van der Waals surface area contributed by atoms with Gasteiger partial charge in [0.1, 0.15) is 10.9 Å². The molecule has 0 bridgehead atoms. The van der Waals surface area contributed by atoms with Crippen LogP contribution in [0.15, 0.2) is 53.4 Å². The third kappa shape index (κ3) is 3.96. The van der Waals surface area contributed by atoms with Gasteiger partial charge in [0.25, 0.3) is 11.8 Å². The summed E-state index contributed by atoms with van der Waals surface area (Å²) in [5.74, 6) is -0.971. The minimum absolute atomic E-state index is 0.0971. The fourth-order valence-corrected chi connectivity index (χ4v) is 6.21. The molecule has 1 N–H and O–H groups in total. The molecular weight excluding hydrogens is 478 g/mol. The largest absolute Gasteiger partial charge is 0.323 e. The molecule has 3 amide bonds. The molecule has 0 radical (unpaired) electrons. The lowest BCUT2D eigenvalue weighted by molar-refractivity contribution is -0.123. The highest BCUT2D eigenvalue weighted by atomic mass is 35.5. The first-order chi connectivity index (χ1) is 16.0. The highest BCUT2D eigenvalue weighted by Gasteiger charge is 2.44. The van der Waals surface area contributed by atoms with Gasteiger partial charge >= 0.3 is 0 Å². The lowest BCUT2D eigenvalue weighted by Gasteiger charge is -2.22. The summed E-state index contributed by atoms with van der Waals surface area (Å²) >= 11 is 12.8. The maximum absolute atomic E-state index is 13.5. The Morgan fingerprint density at radius 2 is 1.76 bits per heavy atom. The summed E-state index contributed by atoms with van der Waals surface area (Å²) in [5.41, 5.74) is 2.02. The molecule has 0 aromatic heterocycles. The number of thioether (sulfide) groups is 1. The lowest BCUT2D eigenvalue weighted by Crippen LogP contribution is -2.37. The molecule has 6 nitrogen and oxygen atoms in total. The van der Waals surface area contributed by atoms with E-state index in [-0.39, 0.29) is 30.3 Å². The van der Waals surface area contributed by atoms with Crippen LogP contribution in [0.3, 0.4) is 0 Å². The molecule has 2 aromatic carbocycles. The van der Waals surface area contributed by atoms with Gasteiger partial charge in [-0.15, -0.1) is 0 Å². The Hall–Kier alpha value is -2.68. The van der Waals surface area contributed by atoms with Gasteiger partial charge in [0.2, 0.25) is 5.91 Å². The number of amides is 3. The average Bonchev–Trinajstić information content (AvgIpc) is 3.48. The molecule has 0 spiro atoms. The summed E-state index contributed by atoms with van der Waals surface area (Å²) in [7, 11) is 0. The second-order valence-corrected chi connectivity index (χ2v) is 10.2. The molecule has 2 aromatic rings. The van der Waals surface area contributed by atoms with E-state index < -0.39 is 0 Å². The van der Waals surface area contributed by atoms with Crippen molar-refractivity contribution in [2.24, 2.45) is 0 Å². The molecule has 168 valence electrons. The van der Waals surface area contributed by atoms with Gasteiger partial charge in [0.05, 0.1) is 26.9 Å². The number of anilines is 2. The van der Waals surface area contributed by atoms with Gasteiger partial charge < -0.3 is 5.32 Å². The highest BCUT2D eigenvalue weighted by Crippen LogP contribution is 2.46. The van der Waals surface area contributed by atoms with E-state index in [0.717, 1.165) is 25.7 Å². The molecule has 1 saturated heterocycles. The van der Waals surface area contributed by atoms with E-state index in [9.17, 15) is 14.4 Å². The fraction of sp³-hybridized carbons (Fsp3) is 0.250. The van der Waals surface area contributed by atoms with Crippen molar-refractivity contribution in [3.05, 3.63) is 64.0 Å². The van der Waals surface area contributed by atoms with Crippen LogP contribution in [-0.2, 0) is 14.4 Å². The van der Waals surface area contributed by atoms with Crippen molar-refractivity contribution in [1.29, 1.82) is 0 Å². The summed E-state index contributed by atoms with van der Waals surface area (Å²) in [5, 5.41) is 3.16. The van der Waals surface area contributed by atoms with E-state index in [2.05, 4.69) is 5.32 Å². The van der Waals surface area contributed by atoms with Crippen LogP contribution in [0.2, 0.25) is 5.02 Å². The second-order valence-electron chi connectivity index (χ2n) is 8.12. The van der Waals surface area contributed by atoms with Crippen molar-refractivity contribution in [2.75, 3.05) is 16.8 Å². The predicted octanol–water partition coefficient (Wildman–Crippen LogP) is 4.84. The van der Waals surface area contributed by atoms with E-state index in [0.29, 0.717) is 36.8 Å². The molecule has 0 unspecified atom stereocenters. The first-order valence-electron chi connectivity index (χ1n) is 10.7. The smallest absolute Gasteiger partial charge is 0.267 e. The number of thiocarbonyl (C=S) groups is 1. The topological polar surface area (TPSA) is 69.7 Å². The van der Waals surface area contributed by atoms with Gasteiger partial charge in [-0.3, -0.25) is 24.2 Å². The molecule has 33 heavy (non-hydrogen) atoms. The van der Waals surface area contributed by atoms with Crippen LogP contribution < -0.4 is 10.2 Å². The van der Waals surface area contributed by atoms with Crippen LogP contribution in [-0.4, -0.2) is 39.5 Å². The maximum atomic E-state index is 13.5. The summed E-state index contributed by atoms with van der Waals surface area (Å²) in [4.78, 5) is 43.1. The molecular formula is C24H20ClN3O3S2. The molecule has 9 heteroatoms. The van der Waals surface area contributed by atoms with Crippen molar-refractivity contribution in [3.63, 3.8) is 0 Å². The van der Waals surface area contributed by atoms with Crippen LogP contribution in [0.4, 0.5) is 11.4 Å². The number of halogens is 1. The van der Waals surface area contributed by atoms with E-state index in [1.165, 1.54) is 16.7 Å². The summed E-state index contributed by atoms with van der Waals surface area (Å²) in [6, 6.07) is 14.2. The van der Waals surface area contributed by atoms with E-state index in [4.69, 9.17) is 23.8 Å². The number of nitrogens with one attached hydrogen (secondary N) is 1. The molecule has 1 saturated carbocycles. The van der Waals surface area contributed by atoms with Gasteiger partial charge in [0.15, 0.2) is 0 Å². The van der Waals surface area contributed by atoms with Crippen LogP contribution in [0.5, 0.6) is 0 Å². The summed E-state index contributed by atoms with van der Waals surface area (Å²) in [6.45, 7) is -0.201. The minimum Gasteiger partial charge on any atom is -0.323 e. The minimum atomic E-state index is -0.383. The SMILES string of the molecule is O=C(CN1C(=O)/C(=C2/SC(=S)N(C3CCCC3)C2=O)c2ccccc21)Nc1ccccc1Cl. The van der Waals surface area contributed by atoms with E-state index in [1.54, 1.807) is 47.4 Å². The van der Waals surface area contributed by atoms with Crippen LogP contribution in [0, 0.1) is 0 Å². The zero-order chi connectivity index (χ0) is 23.1. The van der Waals surface area contributed by atoms with Gasteiger partial charge in [-0.1, -0.05) is 78.8 Å². The van der Waals surface area contributed by atoms with Crippen molar-refractivity contribution < 1.29 is 14.4 Å². The van der Waals surface area contributed by atoms with Gasteiger partial charge in [-0.05, 0) is 31.0 Å². The number of hydrogen-bond acceptors (Lipinski definition) is 5. The third-order valence-corrected chi connectivity index (χ3v) is 7.82. The van der Waals surface area contributed by atoms with Crippen LogP contribution in [0.25, 0.3) is 5.57 Å². The fourth-order valence-electron chi connectivity index (χ4n) is 4.56. The number of carbonyl (C=O) groups is 3. The molecule has 3 aliphatic rings. The standard InChI is InChI=1S/C24H20ClN3O3S2/c25-16-10-4-5-11-17(16)26-19(29)13-27-18-12-6-3-9-15(18)20(22(27)30)21-23(31)28(24(32)33-21)14-7-1-2-8-14/h3-6,9-12,14H,1-2,7-8,13H2,(H,26,29)/b21-20+. The first-order valence-corrected chi connectivity index (χ1v) is 12.3. The number of carbonyl (C=O) groups excluding carboxylic acids is 3. The lowest BCUT2D eigenvalue weighted by atomic mass is 10.1. The highest BCUT2D eigenvalue weighted by molar-refractivity contribution is 8.26. The van der Waals surface area contributed by atoms with Crippen LogP contribution >= 0.6 is 35.6 Å². The Morgan fingerprint density at radius 1 is 1.06 bits per heavy atom. The number of benzene rings is 2. The number of para-hydroxylation sites is 2. The number of rotatable bonds is 4. The van der Waals surface area contributed by atoms with Crippen LogP contribution in [0.1, 0.15) is 31.2 Å². The van der Waals surface area contributed by atoms with Crippen molar-refractivity contribution >= 4 is 74.6 Å². The number of hydrogen-bond donors (Lipinski definition) is 1. The zero-order valence-corrected chi connectivity index (χ0v) is 19.9. The van der Waals surface area contributed by atoms with E-state index in [1.807, 2.05) is 6.07 Å². The second kappa shape index (κ2) is 8.93. The van der Waals surface area contributed by atoms with E-state index >= 15 is 0 Å². The van der Waals surface area contributed by atoms with Crippen molar-refractivity contribution in [2.45, 2.75) is 31.7 Å². The molecule has 2 fully saturated rings. The third-order valence-electron chi connectivity index (χ3n) is 6.09. The Morgan fingerprint density at radius 3 is 2.52 bits per heavy atom. The summed E-state index contributed by atoms with van der Waals surface area (Å²) in [6.07, 6.45) is 4.00. The zero-order valence-electron chi connectivity index (χ0n) is 17.5. The van der Waals surface area contributed by atoms with Crippen molar-refractivity contribution in [3.8, 4) is 0 Å². The number of fused-ring (bicyclic) bond motifs is 1. The normalized spacial score (nSPS) is 20.7. The summed E-state index contributed by atoms with van der Waals surface area (Å²) < 4.78 is 0.495. The molecule has 5 rings (SSSR count). The molecule has 1 aliphatic carbocycles. The molecule has 2 aliphatic heterocycles. The van der Waals surface area contributed by atoms with Gasteiger partial charge in [-0.2, -0.15) is 0 Å². The Bertz CT molecular complexity index is 1220. The Labute approximate surface area is 205 Å². The maximum Gasteiger partial charge on any atom is 0.267 e. The van der Waals surface area contributed by atoms with Gasteiger partial charge in [-0.25, -0.2) is 0 Å².